The van der Waals surface area contributed by atoms with Crippen LogP contribution in [0, 0.1) is 0 Å². The Balaban J connectivity index is 1.73. The summed E-state index contributed by atoms with van der Waals surface area (Å²) in [6.45, 7) is 0. The zero-order valence-electron chi connectivity index (χ0n) is 11.1. The normalized spacial score (nSPS) is 21.9. The van der Waals surface area contributed by atoms with E-state index in [9.17, 15) is 0 Å². The highest BCUT2D eigenvalue weighted by atomic mass is 14.9. The van der Waals surface area contributed by atoms with Crippen LogP contribution in [0.4, 0.5) is 0 Å². The Morgan fingerprint density at radius 3 is 2.65 bits per heavy atom. The molecule has 0 atom stereocenters. The van der Waals surface area contributed by atoms with Crippen LogP contribution in [0.15, 0.2) is 42.7 Å². The molecule has 20 heavy (non-hydrogen) atoms. The average Bonchev–Trinajstić information content (AvgIpc) is 2.88. The fourth-order valence-electron chi connectivity index (χ4n) is 2.86. The third-order valence-corrected chi connectivity index (χ3v) is 4.11. The average molecular weight is 264 g/mol. The van der Waals surface area contributed by atoms with Gasteiger partial charge >= 0.3 is 0 Å². The summed E-state index contributed by atoms with van der Waals surface area (Å²) >= 11 is 0. The van der Waals surface area contributed by atoms with Crippen molar-refractivity contribution >= 4 is 11.0 Å². The molecule has 0 saturated heterocycles. The Morgan fingerprint density at radius 1 is 1.10 bits per heavy atom. The second kappa shape index (κ2) is 4.42. The van der Waals surface area contributed by atoms with Gasteiger partial charge < -0.3 is 10.7 Å². The number of aromatic amines is 1. The zero-order valence-corrected chi connectivity index (χ0v) is 11.1. The Bertz CT molecular complexity index is 742. The SMILES string of the molecule is NC1CC(c2ccc3nc(-c4ccncc4)[nH]c3c2)C1. The van der Waals surface area contributed by atoms with E-state index in [1.807, 2.05) is 12.1 Å². The lowest BCUT2D eigenvalue weighted by atomic mass is 9.76. The van der Waals surface area contributed by atoms with Crippen molar-refractivity contribution in [1.82, 2.24) is 15.0 Å². The van der Waals surface area contributed by atoms with Crippen LogP contribution < -0.4 is 5.73 Å². The quantitative estimate of drug-likeness (QED) is 0.748. The lowest BCUT2D eigenvalue weighted by Crippen LogP contribution is -2.34. The maximum atomic E-state index is 5.87. The molecule has 2 aromatic heterocycles. The number of H-pyrrole nitrogens is 1. The lowest BCUT2D eigenvalue weighted by molar-refractivity contribution is 0.352. The van der Waals surface area contributed by atoms with Crippen LogP contribution in [0.3, 0.4) is 0 Å². The first-order chi connectivity index (χ1) is 9.79. The molecule has 0 spiro atoms. The van der Waals surface area contributed by atoms with Crippen molar-refractivity contribution < 1.29 is 0 Å². The number of nitrogens with zero attached hydrogens (tertiary/aromatic N) is 2. The fraction of sp³-hybridized carbons (Fsp3) is 0.250. The van der Waals surface area contributed by atoms with Crippen molar-refractivity contribution in [3.8, 4) is 11.4 Å². The largest absolute Gasteiger partial charge is 0.338 e. The van der Waals surface area contributed by atoms with Gasteiger partial charge in [0.25, 0.3) is 0 Å². The summed E-state index contributed by atoms with van der Waals surface area (Å²) < 4.78 is 0. The van der Waals surface area contributed by atoms with Gasteiger partial charge in [-0.15, -0.1) is 0 Å². The molecule has 1 aromatic carbocycles. The summed E-state index contributed by atoms with van der Waals surface area (Å²) in [4.78, 5) is 12.1. The van der Waals surface area contributed by atoms with E-state index in [4.69, 9.17) is 5.73 Å². The Labute approximate surface area is 117 Å². The van der Waals surface area contributed by atoms with Gasteiger partial charge in [0.2, 0.25) is 0 Å². The van der Waals surface area contributed by atoms with E-state index in [-0.39, 0.29) is 0 Å². The molecule has 0 bridgehead atoms. The number of benzene rings is 1. The summed E-state index contributed by atoms with van der Waals surface area (Å²) in [5.74, 6) is 1.51. The first kappa shape index (κ1) is 11.6. The van der Waals surface area contributed by atoms with Crippen LogP contribution in [-0.2, 0) is 0 Å². The van der Waals surface area contributed by atoms with E-state index in [0.29, 0.717) is 12.0 Å². The van der Waals surface area contributed by atoms with Crippen LogP contribution in [0.5, 0.6) is 0 Å². The van der Waals surface area contributed by atoms with E-state index in [2.05, 4.69) is 33.2 Å². The monoisotopic (exact) mass is 264 g/mol. The summed E-state index contributed by atoms with van der Waals surface area (Å²) in [7, 11) is 0. The molecule has 1 saturated carbocycles. The molecule has 100 valence electrons. The molecule has 0 unspecified atom stereocenters. The molecule has 3 N–H and O–H groups in total. The highest BCUT2D eigenvalue weighted by molar-refractivity contribution is 5.80. The smallest absolute Gasteiger partial charge is 0.138 e. The Hall–Kier alpha value is -2.20. The lowest BCUT2D eigenvalue weighted by Gasteiger charge is -2.32. The first-order valence-corrected chi connectivity index (χ1v) is 6.95. The number of imidazole rings is 1. The maximum absolute atomic E-state index is 5.87. The van der Waals surface area contributed by atoms with E-state index >= 15 is 0 Å². The van der Waals surface area contributed by atoms with Crippen molar-refractivity contribution in [3.63, 3.8) is 0 Å². The van der Waals surface area contributed by atoms with Gasteiger partial charge in [0.15, 0.2) is 0 Å². The number of aromatic nitrogens is 3. The zero-order chi connectivity index (χ0) is 13.5. The molecule has 4 heteroatoms. The molecular weight excluding hydrogens is 248 g/mol. The number of hydrogen-bond donors (Lipinski definition) is 2. The molecule has 2 heterocycles. The van der Waals surface area contributed by atoms with Gasteiger partial charge in [-0.2, -0.15) is 0 Å². The van der Waals surface area contributed by atoms with E-state index in [1.54, 1.807) is 12.4 Å². The van der Waals surface area contributed by atoms with Gasteiger partial charge in [0.1, 0.15) is 5.82 Å². The van der Waals surface area contributed by atoms with Crippen molar-refractivity contribution in [2.75, 3.05) is 0 Å². The van der Waals surface area contributed by atoms with Gasteiger partial charge in [0, 0.05) is 24.0 Å². The highest BCUT2D eigenvalue weighted by Gasteiger charge is 2.27. The molecule has 1 aliphatic carbocycles. The topological polar surface area (TPSA) is 67.6 Å². The molecular formula is C16H16N4. The number of nitrogens with one attached hydrogen (secondary N) is 1. The summed E-state index contributed by atoms with van der Waals surface area (Å²) in [5, 5.41) is 0. The van der Waals surface area contributed by atoms with Crippen LogP contribution >= 0.6 is 0 Å². The Kier molecular flexibility index (Phi) is 2.57. The van der Waals surface area contributed by atoms with Crippen molar-refractivity contribution in [3.05, 3.63) is 48.3 Å². The second-order valence-corrected chi connectivity index (χ2v) is 5.53. The number of hydrogen-bond acceptors (Lipinski definition) is 3. The molecule has 1 fully saturated rings. The standard InChI is InChI=1S/C16H16N4/c17-13-7-12(8-13)11-1-2-14-15(9-11)20-16(19-14)10-3-5-18-6-4-10/h1-6,9,12-13H,7-8,17H2,(H,19,20). The van der Waals surface area contributed by atoms with Crippen LogP contribution in [0.25, 0.3) is 22.4 Å². The molecule has 4 nitrogen and oxygen atoms in total. The predicted molar refractivity (Wildman–Crippen MR) is 79.3 cm³/mol. The highest BCUT2D eigenvalue weighted by Crippen LogP contribution is 2.36. The van der Waals surface area contributed by atoms with Gasteiger partial charge in [0.05, 0.1) is 11.0 Å². The van der Waals surface area contributed by atoms with Gasteiger partial charge in [-0.3, -0.25) is 4.98 Å². The molecule has 0 amide bonds. The van der Waals surface area contributed by atoms with Crippen LogP contribution in [0.2, 0.25) is 0 Å². The van der Waals surface area contributed by atoms with Gasteiger partial charge in [-0.1, -0.05) is 6.07 Å². The summed E-state index contributed by atoms with van der Waals surface area (Å²) in [5.41, 5.74) is 10.4. The minimum Gasteiger partial charge on any atom is -0.338 e. The summed E-state index contributed by atoms with van der Waals surface area (Å²) in [6.07, 6.45) is 5.75. The fourth-order valence-corrected chi connectivity index (χ4v) is 2.86. The third-order valence-electron chi connectivity index (χ3n) is 4.11. The number of fused-ring (bicyclic) bond motifs is 1. The van der Waals surface area contributed by atoms with Gasteiger partial charge in [-0.25, -0.2) is 4.98 Å². The molecule has 0 aliphatic heterocycles. The Morgan fingerprint density at radius 2 is 1.90 bits per heavy atom. The number of nitrogens with two attached hydrogens (primary N) is 1. The minimum absolute atomic E-state index is 0.379. The van der Waals surface area contributed by atoms with Crippen LogP contribution in [0.1, 0.15) is 24.3 Å². The van der Waals surface area contributed by atoms with E-state index in [1.165, 1.54) is 5.56 Å². The van der Waals surface area contributed by atoms with Crippen LogP contribution in [-0.4, -0.2) is 21.0 Å². The van der Waals surface area contributed by atoms with Crippen molar-refractivity contribution in [2.24, 2.45) is 5.73 Å². The minimum atomic E-state index is 0.379. The molecule has 0 radical (unpaired) electrons. The van der Waals surface area contributed by atoms with E-state index < -0.39 is 0 Å². The first-order valence-electron chi connectivity index (χ1n) is 6.95. The predicted octanol–water partition coefficient (Wildman–Crippen LogP) is 2.83. The molecule has 1 aliphatic rings. The second-order valence-electron chi connectivity index (χ2n) is 5.53. The summed E-state index contributed by atoms with van der Waals surface area (Å²) in [6, 6.07) is 10.8. The number of rotatable bonds is 2. The van der Waals surface area contributed by atoms with Crippen molar-refractivity contribution in [1.29, 1.82) is 0 Å². The van der Waals surface area contributed by atoms with Crippen molar-refractivity contribution in [2.45, 2.75) is 24.8 Å². The molecule has 3 aromatic rings. The number of pyridine rings is 1. The maximum Gasteiger partial charge on any atom is 0.138 e. The third kappa shape index (κ3) is 1.89. The van der Waals surface area contributed by atoms with E-state index in [0.717, 1.165) is 35.3 Å². The van der Waals surface area contributed by atoms with Gasteiger partial charge in [-0.05, 0) is 48.6 Å². The molecule has 4 rings (SSSR count).